The predicted molar refractivity (Wildman–Crippen MR) is 106 cm³/mol. The van der Waals surface area contributed by atoms with Gasteiger partial charge in [-0.2, -0.15) is 0 Å². The van der Waals surface area contributed by atoms with Crippen LogP contribution in [0.1, 0.15) is 30.9 Å². The van der Waals surface area contributed by atoms with E-state index in [1.807, 2.05) is 24.3 Å². The fourth-order valence-corrected chi connectivity index (χ4v) is 3.23. The van der Waals surface area contributed by atoms with E-state index in [2.05, 4.69) is 29.4 Å². The molecule has 3 aromatic rings. The highest BCUT2D eigenvalue weighted by Crippen LogP contribution is 2.22. The summed E-state index contributed by atoms with van der Waals surface area (Å²) in [5, 5.41) is 10.3. The first-order valence-electron chi connectivity index (χ1n) is 8.75. The third-order valence-electron chi connectivity index (χ3n) is 4.21. The van der Waals surface area contributed by atoms with Gasteiger partial charge in [-0.25, -0.2) is 8.42 Å². The average Bonchev–Trinajstić information content (AvgIpc) is 3.10. The number of amides is 1. The van der Waals surface area contributed by atoms with Gasteiger partial charge in [-0.15, -0.1) is 5.10 Å². The van der Waals surface area contributed by atoms with Crippen LogP contribution in [-0.4, -0.2) is 30.8 Å². The third kappa shape index (κ3) is 4.83. The van der Waals surface area contributed by atoms with Crippen molar-refractivity contribution >= 4 is 21.8 Å². The number of anilines is 1. The van der Waals surface area contributed by atoms with Gasteiger partial charge in [0.25, 0.3) is 0 Å². The van der Waals surface area contributed by atoms with E-state index in [0.29, 0.717) is 11.5 Å². The highest BCUT2D eigenvalue weighted by Gasteiger charge is 2.13. The number of benzene rings is 2. The van der Waals surface area contributed by atoms with Gasteiger partial charge in [-0.05, 0) is 41.3 Å². The summed E-state index contributed by atoms with van der Waals surface area (Å²) in [6, 6.07) is 14.0. The van der Waals surface area contributed by atoms with Crippen molar-refractivity contribution in [2.75, 3.05) is 11.6 Å². The number of hydrogen-bond donors (Lipinski definition) is 1. The Morgan fingerprint density at radius 1 is 1.04 bits per heavy atom. The third-order valence-corrected chi connectivity index (χ3v) is 5.34. The van der Waals surface area contributed by atoms with Crippen molar-refractivity contribution in [1.82, 2.24) is 10.2 Å². The van der Waals surface area contributed by atoms with Crippen LogP contribution >= 0.6 is 0 Å². The van der Waals surface area contributed by atoms with E-state index in [0.717, 1.165) is 11.8 Å². The second-order valence-electron chi connectivity index (χ2n) is 6.83. The van der Waals surface area contributed by atoms with E-state index >= 15 is 0 Å². The van der Waals surface area contributed by atoms with E-state index < -0.39 is 9.84 Å². The number of nitrogens with zero attached hydrogens (tertiary/aromatic N) is 2. The van der Waals surface area contributed by atoms with Crippen molar-refractivity contribution in [2.24, 2.45) is 0 Å². The Balaban J connectivity index is 1.64. The van der Waals surface area contributed by atoms with E-state index in [1.54, 1.807) is 12.1 Å². The van der Waals surface area contributed by atoms with Crippen molar-refractivity contribution in [2.45, 2.75) is 31.1 Å². The summed E-state index contributed by atoms with van der Waals surface area (Å²) < 4.78 is 28.5. The standard InChI is InChI=1S/C20H21N3O4S/c1-13(2)15-6-4-14(5-7-15)12-18(24)21-20-23-22-19(27-20)16-8-10-17(11-9-16)28(3,25)26/h4-11,13H,12H2,1-3H3,(H,21,23,24). The van der Waals surface area contributed by atoms with Crippen LogP contribution in [0.25, 0.3) is 11.5 Å². The lowest BCUT2D eigenvalue weighted by molar-refractivity contribution is -0.115. The van der Waals surface area contributed by atoms with Crippen molar-refractivity contribution < 1.29 is 17.6 Å². The monoisotopic (exact) mass is 399 g/mol. The number of carbonyl (C=O) groups excluding carboxylic acids is 1. The minimum Gasteiger partial charge on any atom is -0.403 e. The molecule has 0 saturated heterocycles. The lowest BCUT2D eigenvalue weighted by Gasteiger charge is -2.06. The molecule has 1 aromatic heterocycles. The Kier molecular flexibility index (Phi) is 5.60. The zero-order valence-corrected chi connectivity index (χ0v) is 16.7. The first-order valence-corrected chi connectivity index (χ1v) is 10.6. The normalized spacial score (nSPS) is 11.6. The molecule has 0 spiro atoms. The molecule has 28 heavy (non-hydrogen) atoms. The molecule has 0 aliphatic carbocycles. The van der Waals surface area contributed by atoms with Gasteiger partial charge >= 0.3 is 6.01 Å². The summed E-state index contributed by atoms with van der Waals surface area (Å²) >= 11 is 0. The molecule has 0 saturated carbocycles. The molecule has 0 aliphatic heterocycles. The van der Waals surface area contributed by atoms with Crippen molar-refractivity contribution in [3.05, 3.63) is 59.7 Å². The number of rotatable bonds is 6. The highest BCUT2D eigenvalue weighted by atomic mass is 32.2. The molecule has 1 amide bonds. The van der Waals surface area contributed by atoms with Gasteiger partial charge in [-0.3, -0.25) is 10.1 Å². The molecule has 7 nitrogen and oxygen atoms in total. The van der Waals surface area contributed by atoms with Crippen molar-refractivity contribution in [3.8, 4) is 11.5 Å². The van der Waals surface area contributed by atoms with Crippen LogP contribution in [0.3, 0.4) is 0 Å². The molecule has 0 radical (unpaired) electrons. The first kappa shape index (κ1) is 19.8. The summed E-state index contributed by atoms with van der Waals surface area (Å²) in [6.45, 7) is 4.23. The average molecular weight is 399 g/mol. The van der Waals surface area contributed by atoms with Crippen LogP contribution in [0, 0.1) is 0 Å². The maximum Gasteiger partial charge on any atom is 0.322 e. The molecular weight excluding hydrogens is 378 g/mol. The second-order valence-corrected chi connectivity index (χ2v) is 8.85. The SMILES string of the molecule is CC(C)c1ccc(CC(=O)Nc2nnc(-c3ccc(S(C)(=O)=O)cc3)o2)cc1. The van der Waals surface area contributed by atoms with Gasteiger partial charge in [0.15, 0.2) is 9.84 Å². The molecule has 0 fully saturated rings. The Bertz CT molecular complexity index is 1070. The topological polar surface area (TPSA) is 102 Å². The van der Waals surface area contributed by atoms with Crippen LogP contribution < -0.4 is 5.32 Å². The van der Waals surface area contributed by atoms with Crippen LogP contribution in [0.2, 0.25) is 0 Å². The fraction of sp³-hybridized carbons (Fsp3) is 0.250. The van der Waals surface area contributed by atoms with Crippen molar-refractivity contribution in [1.29, 1.82) is 0 Å². The molecule has 0 atom stereocenters. The molecule has 3 rings (SSSR count). The number of hydrogen-bond acceptors (Lipinski definition) is 6. The Labute approximate surface area is 163 Å². The molecular formula is C20H21N3O4S. The number of nitrogens with one attached hydrogen (secondary N) is 1. The zero-order valence-electron chi connectivity index (χ0n) is 15.8. The molecule has 0 unspecified atom stereocenters. The van der Waals surface area contributed by atoms with E-state index in [1.165, 1.54) is 17.7 Å². The fourth-order valence-electron chi connectivity index (χ4n) is 2.60. The van der Waals surface area contributed by atoms with Gasteiger partial charge in [0.05, 0.1) is 11.3 Å². The highest BCUT2D eigenvalue weighted by molar-refractivity contribution is 7.90. The van der Waals surface area contributed by atoms with Gasteiger partial charge in [0.1, 0.15) is 0 Å². The van der Waals surface area contributed by atoms with E-state index in [-0.39, 0.29) is 29.1 Å². The van der Waals surface area contributed by atoms with Crippen LogP contribution in [0.15, 0.2) is 57.8 Å². The molecule has 1 heterocycles. The quantitative estimate of drug-likeness (QED) is 0.681. The summed E-state index contributed by atoms with van der Waals surface area (Å²) in [7, 11) is -3.27. The summed E-state index contributed by atoms with van der Waals surface area (Å²) in [5.74, 6) is 0.364. The zero-order chi connectivity index (χ0) is 20.3. The van der Waals surface area contributed by atoms with Crippen LogP contribution in [0.4, 0.5) is 6.01 Å². The molecule has 0 bridgehead atoms. The summed E-state index contributed by atoms with van der Waals surface area (Å²) in [5.41, 5.74) is 2.66. The predicted octanol–water partition coefficient (Wildman–Crippen LogP) is 3.44. The molecule has 1 N–H and O–H groups in total. The van der Waals surface area contributed by atoms with Gasteiger partial charge in [0, 0.05) is 11.8 Å². The van der Waals surface area contributed by atoms with Gasteiger partial charge in [0.2, 0.25) is 11.8 Å². The summed E-state index contributed by atoms with van der Waals surface area (Å²) in [4.78, 5) is 12.4. The van der Waals surface area contributed by atoms with E-state index in [9.17, 15) is 13.2 Å². The maximum atomic E-state index is 12.2. The van der Waals surface area contributed by atoms with Crippen LogP contribution in [0.5, 0.6) is 0 Å². The molecule has 2 aromatic carbocycles. The van der Waals surface area contributed by atoms with Crippen molar-refractivity contribution in [3.63, 3.8) is 0 Å². The Hall–Kier alpha value is -3.00. The molecule has 0 aliphatic rings. The van der Waals surface area contributed by atoms with Gasteiger partial charge in [-0.1, -0.05) is 43.2 Å². The number of carbonyl (C=O) groups is 1. The summed E-state index contributed by atoms with van der Waals surface area (Å²) in [6.07, 6.45) is 1.33. The number of aromatic nitrogens is 2. The lowest BCUT2D eigenvalue weighted by Crippen LogP contribution is -2.14. The van der Waals surface area contributed by atoms with E-state index in [4.69, 9.17) is 4.42 Å². The van der Waals surface area contributed by atoms with Crippen LogP contribution in [-0.2, 0) is 21.1 Å². The molecule has 8 heteroatoms. The second kappa shape index (κ2) is 7.93. The largest absolute Gasteiger partial charge is 0.403 e. The first-order chi connectivity index (χ1) is 13.2. The Morgan fingerprint density at radius 3 is 2.25 bits per heavy atom. The minimum absolute atomic E-state index is 0.00834. The lowest BCUT2D eigenvalue weighted by atomic mass is 10.0. The minimum atomic E-state index is -3.27. The maximum absolute atomic E-state index is 12.2. The Morgan fingerprint density at radius 2 is 1.68 bits per heavy atom. The number of sulfone groups is 1. The smallest absolute Gasteiger partial charge is 0.322 e. The van der Waals surface area contributed by atoms with Gasteiger partial charge < -0.3 is 4.42 Å². The molecule has 146 valence electrons.